The molecule has 0 saturated heterocycles. The lowest BCUT2D eigenvalue weighted by atomic mass is 10.00. The van der Waals surface area contributed by atoms with Gasteiger partial charge in [-0.2, -0.15) is 13.2 Å². The lowest BCUT2D eigenvalue weighted by molar-refractivity contribution is -0.137. The van der Waals surface area contributed by atoms with Crippen LogP contribution in [-0.4, -0.2) is 30.6 Å². The van der Waals surface area contributed by atoms with E-state index in [1.807, 2.05) is 0 Å². The minimum absolute atomic E-state index is 0.0302. The SMILES string of the molecule is CC(=O)/C(=C/N(C)C)C(=O)Cc1cccc(C(F)(F)F)c1. The summed E-state index contributed by atoms with van der Waals surface area (Å²) in [6, 6.07) is 4.54. The highest BCUT2D eigenvalue weighted by Crippen LogP contribution is 2.29. The molecule has 0 aliphatic heterocycles. The van der Waals surface area contributed by atoms with Gasteiger partial charge in [0.2, 0.25) is 0 Å². The average molecular weight is 299 g/mol. The highest BCUT2D eigenvalue weighted by Gasteiger charge is 2.30. The Labute approximate surface area is 121 Å². The molecular formula is C15H16F3NO2. The van der Waals surface area contributed by atoms with E-state index < -0.39 is 23.3 Å². The summed E-state index contributed by atoms with van der Waals surface area (Å²) in [5.74, 6) is -0.920. The predicted molar refractivity (Wildman–Crippen MR) is 72.6 cm³/mol. The molecule has 1 rings (SSSR count). The van der Waals surface area contributed by atoms with E-state index in [1.165, 1.54) is 25.3 Å². The molecule has 0 fully saturated rings. The van der Waals surface area contributed by atoms with Crippen molar-refractivity contribution in [2.75, 3.05) is 14.1 Å². The lowest BCUT2D eigenvalue weighted by Crippen LogP contribution is -2.17. The number of hydrogen-bond acceptors (Lipinski definition) is 3. The molecule has 0 aliphatic rings. The Morgan fingerprint density at radius 1 is 1.24 bits per heavy atom. The molecule has 0 N–H and O–H groups in total. The Hall–Kier alpha value is -2.11. The van der Waals surface area contributed by atoms with Crippen LogP contribution in [0.1, 0.15) is 18.1 Å². The van der Waals surface area contributed by atoms with Crippen molar-refractivity contribution >= 4 is 11.6 Å². The third-order valence-electron chi connectivity index (χ3n) is 2.69. The Kier molecular flexibility index (Phi) is 5.29. The van der Waals surface area contributed by atoms with Crippen molar-refractivity contribution < 1.29 is 22.8 Å². The van der Waals surface area contributed by atoms with Crippen LogP contribution in [0.2, 0.25) is 0 Å². The molecule has 6 heteroatoms. The van der Waals surface area contributed by atoms with Gasteiger partial charge in [0.15, 0.2) is 11.6 Å². The van der Waals surface area contributed by atoms with Crippen LogP contribution in [0.3, 0.4) is 0 Å². The van der Waals surface area contributed by atoms with Crippen molar-refractivity contribution in [3.05, 3.63) is 47.2 Å². The fourth-order valence-corrected chi connectivity index (χ4v) is 1.76. The van der Waals surface area contributed by atoms with E-state index in [1.54, 1.807) is 19.0 Å². The summed E-state index contributed by atoms with van der Waals surface area (Å²) >= 11 is 0. The molecule has 0 amide bonds. The zero-order valence-corrected chi connectivity index (χ0v) is 12.0. The Morgan fingerprint density at radius 2 is 1.86 bits per heavy atom. The maximum atomic E-state index is 12.6. The largest absolute Gasteiger partial charge is 0.416 e. The molecule has 0 spiro atoms. The molecule has 0 bridgehead atoms. The van der Waals surface area contributed by atoms with Gasteiger partial charge in [-0.25, -0.2) is 0 Å². The second-order valence-corrected chi connectivity index (χ2v) is 4.86. The number of halogens is 3. The highest BCUT2D eigenvalue weighted by molar-refractivity contribution is 6.19. The van der Waals surface area contributed by atoms with E-state index in [0.29, 0.717) is 0 Å². The number of benzene rings is 1. The standard InChI is InChI=1S/C15H16F3NO2/c1-10(20)13(9-19(2)3)14(21)8-11-5-4-6-12(7-11)15(16,17)18/h4-7,9H,8H2,1-3H3/b13-9-. The van der Waals surface area contributed by atoms with E-state index in [2.05, 4.69) is 0 Å². The van der Waals surface area contributed by atoms with Gasteiger partial charge < -0.3 is 4.90 Å². The normalized spacial score (nSPS) is 12.2. The quantitative estimate of drug-likeness (QED) is 0.476. The fourth-order valence-electron chi connectivity index (χ4n) is 1.76. The molecule has 0 aromatic heterocycles. The van der Waals surface area contributed by atoms with Gasteiger partial charge in [0, 0.05) is 26.7 Å². The van der Waals surface area contributed by atoms with Crippen LogP contribution in [0, 0.1) is 0 Å². The number of allylic oxidation sites excluding steroid dienone is 1. The first-order valence-corrected chi connectivity index (χ1v) is 6.19. The molecule has 0 saturated carbocycles. The molecule has 0 radical (unpaired) electrons. The van der Waals surface area contributed by atoms with Gasteiger partial charge in [0.25, 0.3) is 0 Å². The Balaban J connectivity index is 3.00. The summed E-state index contributed by atoms with van der Waals surface area (Å²) in [7, 11) is 3.31. The monoisotopic (exact) mass is 299 g/mol. The van der Waals surface area contributed by atoms with Gasteiger partial charge in [-0.3, -0.25) is 9.59 Å². The highest BCUT2D eigenvalue weighted by atomic mass is 19.4. The second kappa shape index (κ2) is 6.56. The van der Waals surface area contributed by atoms with Crippen LogP contribution >= 0.6 is 0 Å². The van der Waals surface area contributed by atoms with Crippen molar-refractivity contribution in [2.24, 2.45) is 0 Å². The van der Waals surface area contributed by atoms with E-state index >= 15 is 0 Å². The molecule has 0 heterocycles. The molecule has 114 valence electrons. The van der Waals surface area contributed by atoms with Gasteiger partial charge in [0.05, 0.1) is 11.1 Å². The third-order valence-corrected chi connectivity index (χ3v) is 2.69. The summed E-state index contributed by atoms with van der Waals surface area (Å²) < 4.78 is 37.8. The van der Waals surface area contributed by atoms with Gasteiger partial charge in [-0.15, -0.1) is 0 Å². The van der Waals surface area contributed by atoms with Crippen LogP contribution in [-0.2, 0) is 22.2 Å². The zero-order valence-electron chi connectivity index (χ0n) is 12.0. The van der Waals surface area contributed by atoms with Crippen LogP contribution in [0.4, 0.5) is 13.2 Å². The average Bonchev–Trinajstić information content (AvgIpc) is 2.34. The zero-order chi connectivity index (χ0) is 16.2. The van der Waals surface area contributed by atoms with Gasteiger partial charge >= 0.3 is 6.18 Å². The first kappa shape index (κ1) is 16.9. The minimum atomic E-state index is -4.46. The Bertz CT molecular complexity index is 575. The number of nitrogens with zero attached hydrogens (tertiary/aromatic N) is 1. The lowest BCUT2D eigenvalue weighted by Gasteiger charge is -2.10. The summed E-state index contributed by atoms with van der Waals surface area (Å²) in [4.78, 5) is 25.0. The van der Waals surface area contributed by atoms with E-state index in [4.69, 9.17) is 0 Å². The van der Waals surface area contributed by atoms with Crippen LogP contribution in [0.25, 0.3) is 0 Å². The van der Waals surface area contributed by atoms with Crippen molar-refractivity contribution in [1.29, 1.82) is 0 Å². The fraction of sp³-hybridized carbons (Fsp3) is 0.333. The van der Waals surface area contributed by atoms with Crippen molar-refractivity contribution in [3.63, 3.8) is 0 Å². The van der Waals surface area contributed by atoms with Crippen LogP contribution in [0.15, 0.2) is 36.0 Å². The summed E-state index contributed by atoms with van der Waals surface area (Å²) in [6.45, 7) is 1.25. The van der Waals surface area contributed by atoms with Crippen molar-refractivity contribution in [2.45, 2.75) is 19.5 Å². The van der Waals surface area contributed by atoms with E-state index in [0.717, 1.165) is 12.1 Å². The predicted octanol–water partition coefficient (Wildman–Crippen LogP) is 2.85. The summed E-state index contributed by atoms with van der Waals surface area (Å²) in [5.41, 5.74) is -0.619. The van der Waals surface area contributed by atoms with E-state index in [-0.39, 0.29) is 17.6 Å². The molecule has 3 nitrogen and oxygen atoms in total. The maximum Gasteiger partial charge on any atom is 0.416 e. The van der Waals surface area contributed by atoms with Crippen molar-refractivity contribution in [3.8, 4) is 0 Å². The molecule has 0 unspecified atom stereocenters. The molecule has 0 atom stereocenters. The third kappa shape index (κ3) is 5.06. The van der Waals surface area contributed by atoms with Crippen LogP contribution < -0.4 is 0 Å². The number of Topliss-reactive ketones (excluding diaryl/α,β-unsaturated/α-hetero) is 2. The smallest absolute Gasteiger partial charge is 0.383 e. The number of ketones is 2. The molecule has 21 heavy (non-hydrogen) atoms. The molecule has 1 aromatic rings. The Morgan fingerprint density at radius 3 is 2.33 bits per heavy atom. The second-order valence-electron chi connectivity index (χ2n) is 4.86. The van der Waals surface area contributed by atoms with Crippen LogP contribution in [0.5, 0.6) is 0 Å². The van der Waals surface area contributed by atoms with Crippen molar-refractivity contribution in [1.82, 2.24) is 4.90 Å². The van der Waals surface area contributed by atoms with E-state index in [9.17, 15) is 22.8 Å². The summed E-state index contributed by atoms with van der Waals surface area (Å²) in [6.07, 6.45) is -3.33. The van der Waals surface area contributed by atoms with Gasteiger partial charge in [-0.1, -0.05) is 18.2 Å². The van der Waals surface area contributed by atoms with Gasteiger partial charge in [0.1, 0.15) is 0 Å². The summed E-state index contributed by atoms with van der Waals surface area (Å²) in [5, 5.41) is 0. The number of alkyl halides is 3. The maximum absolute atomic E-state index is 12.6. The number of hydrogen-bond donors (Lipinski definition) is 0. The molecular weight excluding hydrogens is 283 g/mol. The number of rotatable bonds is 5. The first-order valence-electron chi connectivity index (χ1n) is 6.19. The topological polar surface area (TPSA) is 37.4 Å². The number of carbonyl (C=O) groups is 2. The molecule has 0 aliphatic carbocycles. The molecule has 1 aromatic carbocycles. The first-order chi connectivity index (χ1) is 9.61. The number of carbonyl (C=O) groups excluding carboxylic acids is 2. The van der Waals surface area contributed by atoms with Gasteiger partial charge in [-0.05, 0) is 18.6 Å². The minimum Gasteiger partial charge on any atom is -0.383 e.